The number of oxime groups is 1. The summed E-state index contributed by atoms with van der Waals surface area (Å²) in [6.07, 6.45) is 0. The molecule has 0 aliphatic carbocycles. The van der Waals surface area contributed by atoms with Crippen LogP contribution in [0.2, 0.25) is 0 Å². The second kappa shape index (κ2) is 3.06. The molecular weight excluding hydrogens is 122 g/mol. The largest absolute Gasteiger partial charge is 0.477 e. The molecule has 0 saturated carbocycles. The molecule has 0 aromatic carbocycles. The third kappa shape index (κ3) is 2.12. The normalized spacial score (nSPS) is 12.1. The fourth-order valence-corrected chi connectivity index (χ4v) is 0.405. The van der Waals surface area contributed by atoms with Crippen LogP contribution in [0, 0.1) is 5.92 Å². The summed E-state index contributed by atoms with van der Waals surface area (Å²) in [5.74, 6) is -1.42. The van der Waals surface area contributed by atoms with Crippen LogP contribution in [0.1, 0.15) is 13.8 Å². The van der Waals surface area contributed by atoms with E-state index in [4.69, 9.17) is 10.3 Å². The number of carboxylic acid groups (broad SMARTS) is 1. The van der Waals surface area contributed by atoms with E-state index in [1.807, 2.05) is 0 Å². The lowest BCUT2D eigenvalue weighted by Gasteiger charge is -1.99. The lowest BCUT2D eigenvalue weighted by Crippen LogP contribution is -2.18. The van der Waals surface area contributed by atoms with E-state index in [0.717, 1.165) is 0 Å². The first-order valence-corrected chi connectivity index (χ1v) is 2.54. The topological polar surface area (TPSA) is 69.9 Å². The van der Waals surface area contributed by atoms with E-state index in [1.54, 1.807) is 13.8 Å². The molecular formula is C5H9NO3. The van der Waals surface area contributed by atoms with Crippen LogP contribution in [0.15, 0.2) is 5.16 Å². The minimum absolute atomic E-state index is 0.213. The summed E-state index contributed by atoms with van der Waals surface area (Å²) in [5.41, 5.74) is -0.213. The van der Waals surface area contributed by atoms with Crippen molar-refractivity contribution >= 4 is 11.7 Å². The highest BCUT2D eigenvalue weighted by Gasteiger charge is 2.13. The average molecular weight is 131 g/mol. The Bertz CT molecular complexity index is 139. The van der Waals surface area contributed by atoms with Crippen LogP contribution >= 0.6 is 0 Å². The molecule has 0 spiro atoms. The Balaban J connectivity index is 4.19. The summed E-state index contributed by atoms with van der Waals surface area (Å²) in [7, 11) is 0. The van der Waals surface area contributed by atoms with Gasteiger partial charge in [-0.15, -0.1) is 0 Å². The number of hydrogen-bond acceptors (Lipinski definition) is 3. The van der Waals surface area contributed by atoms with Crippen molar-refractivity contribution in [3.8, 4) is 0 Å². The first-order chi connectivity index (χ1) is 4.09. The van der Waals surface area contributed by atoms with Gasteiger partial charge >= 0.3 is 5.97 Å². The maximum Gasteiger partial charge on any atom is 0.353 e. The lowest BCUT2D eigenvalue weighted by molar-refractivity contribution is -0.129. The number of nitrogens with zero attached hydrogens (tertiary/aromatic N) is 1. The van der Waals surface area contributed by atoms with Crippen LogP contribution in [0.25, 0.3) is 0 Å². The van der Waals surface area contributed by atoms with E-state index >= 15 is 0 Å². The van der Waals surface area contributed by atoms with Gasteiger partial charge in [-0.2, -0.15) is 0 Å². The molecule has 4 nitrogen and oxygen atoms in total. The Morgan fingerprint density at radius 3 is 2.00 bits per heavy atom. The quantitative estimate of drug-likeness (QED) is 0.326. The van der Waals surface area contributed by atoms with Gasteiger partial charge in [0.05, 0.1) is 0 Å². The van der Waals surface area contributed by atoms with Gasteiger partial charge in [-0.05, 0) is 0 Å². The van der Waals surface area contributed by atoms with Gasteiger partial charge in [0.15, 0.2) is 5.71 Å². The zero-order chi connectivity index (χ0) is 7.44. The van der Waals surface area contributed by atoms with E-state index in [9.17, 15) is 4.79 Å². The summed E-state index contributed by atoms with van der Waals surface area (Å²) in [5, 5.41) is 18.9. The fraction of sp³-hybridized carbons (Fsp3) is 0.600. The molecule has 0 aromatic heterocycles. The first kappa shape index (κ1) is 7.94. The van der Waals surface area contributed by atoms with Crippen LogP contribution in [0.3, 0.4) is 0 Å². The summed E-state index contributed by atoms with van der Waals surface area (Å²) in [6.45, 7) is 3.28. The molecule has 0 amide bonds. The van der Waals surface area contributed by atoms with Crippen LogP contribution in [0.4, 0.5) is 0 Å². The van der Waals surface area contributed by atoms with Gasteiger partial charge in [0, 0.05) is 5.92 Å². The summed E-state index contributed by atoms with van der Waals surface area (Å²) in [4.78, 5) is 10.1. The van der Waals surface area contributed by atoms with Gasteiger partial charge in [-0.1, -0.05) is 19.0 Å². The van der Waals surface area contributed by atoms with Crippen molar-refractivity contribution < 1.29 is 15.1 Å². The van der Waals surface area contributed by atoms with E-state index < -0.39 is 5.97 Å². The molecule has 0 atom stereocenters. The van der Waals surface area contributed by atoms with Crippen molar-refractivity contribution in [2.45, 2.75) is 13.8 Å². The van der Waals surface area contributed by atoms with E-state index in [0.29, 0.717) is 0 Å². The van der Waals surface area contributed by atoms with Crippen molar-refractivity contribution in [3.05, 3.63) is 0 Å². The SMILES string of the molecule is CC(C)/C(=N/O)C(=O)O. The third-order valence-corrected chi connectivity index (χ3v) is 0.874. The average Bonchev–Trinajstić information content (AvgIpc) is 1.64. The molecule has 0 bridgehead atoms. The molecule has 0 radical (unpaired) electrons. The van der Waals surface area contributed by atoms with Crippen molar-refractivity contribution in [1.29, 1.82) is 0 Å². The number of hydrogen-bond donors (Lipinski definition) is 2. The Labute approximate surface area is 52.8 Å². The number of aliphatic carboxylic acids is 1. The number of carbonyl (C=O) groups is 1. The van der Waals surface area contributed by atoms with Crippen molar-refractivity contribution in [1.82, 2.24) is 0 Å². The predicted octanol–water partition coefficient (Wildman–Crippen LogP) is 0.557. The second-order valence-electron chi connectivity index (χ2n) is 1.95. The van der Waals surface area contributed by atoms with Gasteiger partial charge in [-0.3, -0.25) is 0 Å². The van der Waals surface area contributed by atoms with Crippen LogP contribution in [-0.4, -0.2) is 22.0 Å². The zero-order valence-electron chi connectivity index (χ0n) is 5.33. The van der Waals surface area contributed by atoms with Gasteiger partial charge in [0.2, 0.25) is 0 Å². The van der Waals surface area contributed by atoms with Crippen molar-refractivity contribution in [3.63, 3.8) is 0 Å². The lowest BCUT2D eigenvalue weighted by atomic mass is 10.1. The second-order valence-corrected chi connectivity index (χ2v) is 1.95. The molecule has 0 unspecified atom stereocenters. The molecule has 52 valence electrons. The minimum Gasteiger partial charge on any atom is -0.477 e. The van der Waals surface area contributed by atoms with Gasteiger partial charge in [0.25, 0.3) is 0 Å². The smallest absolute Gasteiger partial charge is 0.353 e. The maximum atomic E-state index is 10.1. The molecule has 2 N–H and O–H groups in total. The summed E-state index contributed by atoms with van der Waals surface area (Å²) < 4.78 is 0. The van der Waals surface area contributed by atoms with Crippen molar-refractivity contribution in [2.24, 2.45) is 11.1 Å². The highest BCUT2D eigenvalue weighted by atomic mass is 16.4. The van der Waals surface area contributed by atoms with Crippen LogP contribution in [0.5, 0.6) is 0 Å². The predicted molar refractivity (Wildman–Crippen MR) is 31.7 cm³/mol. The van der Waals surface area contributed by atoms with E-state index in [-0.39, 0.29) is 11.6 Å². The molecule has 0 aliphatic heterocycles. The molecule has 0 heterocycles. The first-order valence-electron chi connectivity index (χ1n) is 2.54. The molecule has 4 heteroatoms. The van der Waals surface area contributed by atoms with Gasteiger partial charge in [-0.25, -0.2) is 4.79 Å². The third-order valence-electron chi connectivity index (χ3n) is 0.874. The molecule has 0 saturated heterocycles. The van der Waals surface area contributed by atoms with Crippen LogP contribution < -0.4 is 0 Å². The Morgan fingerprint density at radius 1 is 1.56 bits per heavy atom. The molecule has 9 heavy (non-hydrogen) atoms. The summed E-state index contributed by atoms with van der Waals surface area (Å²) in [6, 6.07) is 0. The monoisotopic (exact) mass is 131 g/mol. The standard InChI is InChI=1S/C5H9NO3/c1-3(2)4(6-9)5(7)8/h3,9H,1-2H3,(H,7,8)/b6-4-. The Kier molecular flexibility index (Phi) is 2.70. The highest BCUT2D eigenvalue weighted by Crippen LogP contribution is 1.95. The van der Waals surface area contributed by atoms with E-state index in [1.165, 1.54) is 0 Å². The fourth-order valence-electron chi connectivity index (χ4n) is 0.405. The number of carboxylic acids is 1. The van der Waals surface area contributed by atoms with Gasteiger partial charge < -0.3 is 10.3 Å². The Morgan fingerprint density at radius 2 is 2.00 bits per heavy atom. The molecule has 0 aromatic rings. The molecule has 0 rings (SSSR count). The van der Waals surface area contributed by atoms with Crippen LogP contribution in [-0.2, 0) is 4.79 Å². The van der Waals surface area contributed by atoms with Gasteiger partial charge in [0.1, 0.15) is 0 Å². The zero-order valence-corrected chi connectivity index (χ0v) is 5.33. The van der Waals surface area contributed by atoms with Crippen molar-refractivity contribution in [2.75, 3.05) is 0 Å². The Hall–Kier alpha value is -1.06. The molecule has 0 fully saturated rings. The minimum atomic E-state index is -1.17. The van der Waals surface area contributed by atoms with E-state index in [2.05, 4.69) is 5.16 Å². The summed E-state index contributed by atoms with van der Waals surface area (Å²) >= 11 is 0. The highest BCUT2D eigenvalue weighted by molar-refractivity contribution is 6.36. The number of rotatable bonds is 2. The maximum absolute atomic E-state index is 10.1. The molecule has 0 aliphatic rings.